The topological polar surface area (TPSA) is 67.2 Å². The zero-order valence-corrected chi connectivity index (χ0v) is 11.7. The first kappa shape index (κ1) is 13.1. The monoisotopic (exact) mass is 276 g/mol. The standard InChI is InChI=1S/C14H20N4O2/c1-2-17-8-10(7-13(17)19)14(20)16-11-3-4-12-15-5-6-18(12)9-11/h5-6,10-11H,2-4,7-9H2,1H3,(H,16,20)/t10-,11-/m1/s1. The van der Waals surface area contributed by atoms with Gasteiger partial charge in [-0.1, -0.05) is 0 Å². The Labute approximate surface area is 118 Å². The highest BCUT2D eigenvalue weighted by molar-refractivity contribution is 5.89. The number of carbonyl (C=O) groups excluding carboxylic acids is 2. The van der Waals surface area contributed by atoms with E-state index in [0.717, 1.165) is 25.2 Å². The first-order valence-corrected chi connectivity index (χ1v) is 7.25. The van der Waals surface area contributed by atoms with Crippen LogP contribution in [0.4, 0.5) is 0 Å². The van der Waals surface area contributed by atoms with Crippen molar-refractivity contribution < 1.29 is 9.59 Å². The second-order valence-corrected chi connectivity index (χ2v) is 5.57. The third-order valence-corrected chi connectivity index (χ3v) is 4.25. The molecule has 0 unspecified atom stereocenters. The summed E-state index contributed by atoms with van der Waals surface area (Å²) in [7, 11) is 0. The molecule has 2 aliphatic heterocycles. The zero-order chi connectivity index (χ0) is 14.1. The van der Waals surface area contributed by atoms with Gasteiger partial charge in [0.2, 0.25) is 11.8 Å². The van der Waals surface area contributed by atoms with E-state index in [9.17, 15) is 9.59 Å². The molecule has 1 fully saturated rings. The molecule has 2 atom stereocenters. The van der Waals surface area contributed by atoms with Gasteiger partial charge in [-0.2, -0.15) is 0 Å². The largest absolute Gasteiger partial charge is 0.351 e. The average molecular weight is 276 g/mol. The van der Waals surface area contributed by atoms with Crippen LogP contribution in [0, 0.1) is 5.92 Å². The van der Waals surface area contributed by atoms with Crippen molar-refractivity contribution in [2.24, 2.45) is 5.92 Å². The number of carbonyl (C=O) groups is 2. The molecule has 108 valence electrons. The normalized spacial score (nSPS) is 25.6. The molecular formula is C14H20N4O2. The molecule has 20 heavy (non-hydrogen) atoms. The Morgan fingerprint density at radius 2 is 2.35 bits per heavy atom. The van der Waals surface area contributed by atoms with E-state index in [1.807, 2.05) is 13.1 Å². The molecule has 0 saturated carbocycles. The molecule has 0 spiro atoms. The first-order valence-electron chi connectivity index (χ1n) is 7.25. The summed E-state index contributed by atoms with van der Waals surface area (Å²) in [4.78, 5) is 30.0. The van der Waals surface area contributed by atoms with E-state index in [0.29, 0.717) is 19.5 Å². The lowest BCUT2D eigenvalue weighted by Gasteiger charge is -2.25. The van der Waals surface area contributed by atoms with Crippen molar-refractivity contribution in [1.29, 1.82) is 0 Å². The number of hydrogen-bond acceptors (Lipinski definition) is 3. The summed E-state index contributed by atoms with van der Waals surface area (Å²) in [5.41, 5.74) is 0. The van der Waals surface area contributed by atoms with Crippen LogP contribution in [0.15, 0.2) is 12.4 Å². The van der Waals surface area contributed by atoms with Crippen LogP contribution >= 0.6 is 0 Å². The average Bonchev–Trinajstić information content (AvgIpc) is 3.04. The molecule has 1 N–H and O–H groups in total. The van der Waals surface area contributed by atoms with Gasteiger partial charge in [-0.15, -0.1) is 0 Å². The smallest absolute Gasteiger partial charge is 0.225 e. The third kappa shape index (κ3) is 2.42. The van der Waals surface area contributed by atoms with Gasteiger partial charge in [-0.05, 0) is 13.3 Å². The third-order valence-electron chi connectivity index (χ3n) is 4.25. The summed E-state index contributed by atoms with van der Waals surface area (Å²) < 4.78 is 2.09. The van der Waals surface area contributed by atoms with Gasteiger partial charge in [0.1, 0.15) is 5.82 Å². The Morgan fingerprint density at radius 3 is 3.10 bits per heavy atom. The first-order chi connectivity index (χ1) is 9.67. The van der Waals surface area contributed by atoms with Crippen molar-refractivity contribution in [2.75, 3.05) is 13.1 Å². The van der Waals surface area contributed by atoms with E-state index in [1.165, 1.54) is 0 Å². The number of aromatic nitrogens is 2. The summed E-state index contributed by atoms with van der Waals surface area (Å²) in [6.07, 6.45) is 5.91. The van der Waals surface area contributed by atoms with Gasteiger partial charge < -0.3 is 14.8 Å². The lowest BCUT2D eigenvalue weighted by atomic mass is 10.0. The lowest BCUT2D eigenvalue weighted by molar-refractivity contribution is -0.129. The van der Waals surface area contributed by atoms with Crippen molar-refractivity contribution in [3.05, 3.63) is 18.2 Å². The minimum atomic E-state index is -0.188. The maximum atomic E-state index is 12.3. The molecular weight excluding hydrogens is 256 g/mol. The molecule has 1 aromatic rings. The molecule has 1 saturated heterocycles. The molecule has 0 aliphatic carbocycles. The number of nitrogens with one attached hydrogen (secondary N) is 1. The Hall–Kier alpha value is -1.85. The van der Waals surface area contributed by atoms with Crippen molar-refractivity contribution in [1.82, 2.24) is 19.8 Å². The molecule has 3 rings (SSSR count). The number of aryl methyl sites for hydroxylation is 1. The van der Waals surface area contributed by atoms with Crippen LogP contribution in [-0.4, -0.2) is 45.4 Å². The second-order valence-electron chi connectivity index (χ2n) is 5.57. The Bertz CT molecular complexity index is 525. The van der Waals surface area contributed by atoms with Crippen LogP contribution < -0.4 is 5.32 Å². The van der Waals surface area contributed by atoms with Crippen molar-refractivity contribution in [3.8, 4) is 0 Å². The summed E-state index contributed by atoms with van der Waals surface area (Å²) >= 11 is 0. The van der Waals surface area contributed by atoms with Crippen LogP contribution in [0.25, 0.3) is 0 Å². The minimum Gasteiger partial charge on any atom is -0.351 e. The van der Waals surface area contributed by atoms with Gasteiger partial charge in [-0.25, -0.2) is 4.98 Å². The number of nitrogens with zero attached hydrogens (tertiary/aromatic N) is 3. The number of rotatable bonds is 3. The van der Waals surface area contributed by atoms with Crippen molar-refractivity contribution >= 4 is 11.8 Å². The van der Waals surface area contributed by atoms with E-state index in [-0.39, 0.29) is 23.8 Å². The molecule has 1 aromatic heterocycles. The van der Waals surface area contributed by atoms with Gasteiger partial charge >= 0.3 is 0 Å². The fourth-order valence-electron chi connectivity index (χ4n) is 3.06. The number of amides is 2. The van der Waals surface area contributed by atoms with Gasteiger partial charge in [0, 0.05) is 50.9 Å². The van der Waals surface area contributed by atoms with Crippen LogP contribution in [0.2, 0.25) is 0 Å². The molecule has 3 heterocycles. The fraction of sp³-hybridized carbons (Fsp3) is 0.643. The van der Waals surface area contributed by atoms with Crippen LogP contribution in [0.1, 0.15) is 25.6 Å². The van der Waals surface area contributed by atoms with Crippen LogP contribution in [0.5, 0.6) is 0 Å². The number of likely N-dealkylation sites (tertiary alicyclic amines) is 1. The van der Waals surface area contributed by atoms with Crippen LogP contribution in [-0.2, 0) is 22.6 Å². The van der Waals surface area contributed by atoms with E-state index in [1.54, 1.807) is 11.1 Å². The summed E-state index contributed by atoms with van der Waals surface area (Å²) in [6.45, 7) is 3.97. The van der Waals surface area contributed by atoms with Crippen molar-refractivity contribution in [2.45, 2.75) is 38.8 Å². The molecule has 6 heteroatoms. The fourth-order valence-corrected chi connectivity index (χ4v) is 3.06. The summed E-state index contributed by atoms with van der Waals surface area (Å²) in [5.74, 6) is 1.01. The van der Waals surface area contributed by atoms with E-state index in [4.69, 9.17) is 0 Å². The van der Waals surface area contributed by atoms with E-state index >= 15 is 0 Å². The highest BCUT2D eigenvalue weighted by Gasteiger charge is 2.34. The highest BCUT2D eigenvalue weighted by Crippen LogP contribution is 2.19. The predicted molar refractivity (Wildman–Crippen MR) is 72.8 cm³/mol. The summed E-state index contributed by atoms with van der Waals surface area (Å²) in [6, 6.07) is 0.148. The SMILES string of the molecule is CCN1C[C@H](C(=O)N[C@@H]2CCc3nccn3C2)CC1=O. The quantitative estimate of drug-likeness (QED) is 0.856. The molecule has 2 amide bonds. The molecule has 0 bridgehead atoms. The van der Waals surface area contributed by atoms with Gasteiger partial charge in [0.15, 0.2) is 0 Å². The molecule has 6 nitrogen and oxygen atoms in total. The zero-order valence-electron chi connectivity index (χ0n) is 11.7. The lowest BCUT2D eigenvalue weighted by Crippen LogP contribution is -2.44. The maximum Gasteiger partial charge on any atom is 0.225 e. The minimum absolute atomic E-state index is 0.0165. The predicted octanol–water partition coefficient (Wildman–Crippen LogP) is 0.182. The van der Waals surface area contributed by atoms with Gasteiger partial charge in [-0.3, -0.25) is 9.59 Å². The molecule has 2 aliphatic rings. The van der Waals surface area contributed by atoms with E-state index < -0.39 is 0 Å². The Balaban J connectivity index is 1.57. The highest BCUT2D eigenvalue weighted by atomic mass is 16.2. The maximum absolute atomic E-state index is 12.3. The second kappa shape index (κ2) is 5.26. The van der Waals surface area contributed by atoms with E-state index in [2.05, 4.69) is 14.9 Å². The Morgan fingerprint density at radius 1 is 1.50 bits per heavy atom. The van der Waals surface area contributed by atoms with Crippen LogP contribution in [0.3, 0.4) is 0 Å². The van der Waals surface area contributed by atoms with Gasteiger partial charge in [0.25, 0.3) is 0 Å². The van der Waals surface area contributed by atoms with Crippen molar-refractivity contribution in [3.63, 3.8) is 0 Å². The number of fused-ring (bicyclic) bond motifs is 1. The van der Waals surface area contributed by atoms with Gasteiger partial charge in [0.05, 0.1) is 5.92 Å². The Kier molecular flexibility index (Phi) is 3.46. The summed E-state index contributed by atoms with van der Waals surface area (Å²) in [5, 5.41) is 3.09. The number of hydrogen-bond donors (Lipinski definition) is 1. The molecule has 0 aromatic carbocycles. The molecule has 0 radical (unpaired) electrons. The number of imidazole rings is 1.